The summed E-state index contributed by atoms with van der Waals surface area (Å²) in [6, 6.07) is 15.0. The molecule has 0 radical (unpaired) electrons. The van der Waals surface area contributed by atoms with Gasteiger partial charge in [0.05, 0.1) is 17.7 Å². The lowest BCUT2D eigenvalue weighted by Gasteiger charge is -2.31. The van der Waals surface area contributed by atoms with Crippen LogP contribution in [0.2, 0.25) is 0 Å². The third-order valence-corrected chi connectivity index (χ3v) is 4.64. The van der Waals surface area contributed by atoms with E-state index in [0.29, 0.717) is 10.7 Å². The monoisotopic (exact) mass is 395 g/mol. The van der Waals surface area contributed by atoms with Gasteiger partial charge in [0.15, 0.2) is 5.11 Å². The molecule has 1 heterocycles. The Kier molecular flexibility index (Phi) is 5.99. The van der Waals surface area contributed by atoms with Gasteiger partial charge in [0, 0.05) is 16.9 Å². The van der Waals surface area contributed by atoms with Gasteiger partial charge in [-0.1, -0.05) is 35.9 Å². The van der Waals surface area contributed by atoms with E-state index in [4.69, 9.17) is 17.0 Å². The van der Waals surface area contributed by atoms with Crippen molar-refractivity contribution in [2.75, 3.05) is 5.32 Å². The summed E-state index contributed by atoms with van der Waals surface area (Å²) in [5.74, 6) is 0.543. The lowest BCUT2D eigenvalue weighted by Crippen LogP contribution is -2.45. The first-order valence-electron chi connectivity index (χ1n) is 9.27. The number of rotatable bonds is 5. The summed E-state index contributed by atoms with van der Waals surface area (Å²) in [7, 11) is 0. The van der Waals surface area contributed by atoms with Crippen molar-refractivity contribution in [3.63, 3.8) is 0 Å². The first-order valence-corrected chi connectivity index (χ1v) is 9.68. The van der Waals surface area contributed by atoms with Crippen LogP contribution >= 0.6 is 12.2 Å². The second-order valence-electron chi connectivity index (χ2n) is 7.09. The first kappa shape index (κ1) is 19.9. The van der Waals surface area contributed by atoms with E-state index < -0.39 is 6.04 Å². The van der Waals surface area contributed by atoms with Crippen molar-refractivity contribution in [1.29, 1.82) is 0 Å². The summed E-state index contributed by atoms with van der Waals surface area (Å²) < 4.78 is 5.97. The highest BCUT2D eigenvalue weighted by Gasteiger charge is 2.31. The van der Waals surface area contributed by atoms with Gasteiger partial charge in [0.1, 0.15) is 5.75 Å². The fraction of sp³-hybridized carbons (Fsp3) is 0.273. The summed E-state index contributed by atoms with van der Waals surface area (Å²) in [5, 5.41) is 9.75. The van der Waals surface area contributed by atoms with Crippen LogP contribution in [0.3, 0.4) is 0 Å². The molecule has 1 atom stereocenters. The molecule has 0 fully saturated rings. The number of ether oxygens (including phenoxy) is 1. The van der Waals surface area contributed by atoms with Gasteiger partial charge in [-0.2, -0.15) is 0 Å². The Morgan fingerprint density at radius 1 is 1.11 bits per heavy atom. The van der Waals surface area contributed by atoms with Gasteiger partial charge in [-0.3, -0.25) is 4.79 Å². The number of amides is 1. The average molecular weight is 396 g/mol. The number of hydrogen-bond donors (Lipinski definition) is 3. The maximum Gasteiger partial charge on any atom is 0.255 e. The zero-order chi connectivity index (χ0) is 20.3. The van der Waals surface area contributed by atoms with Gasteiger partial charge in [-0.15, -0.1) is 0 Å². The number of carbonyl (C=O) groups is 1. The summed E-state index contributed by atoms with van der Waals surface area (Å²) in [6.45, 7) is 7.82. The minimum Gasteiger partial charge on any atom is -0.491 e. The van der Waals surface area contributed by atoms with Crippen LogP contribution in [-0.2, 0) is 4.79 Å². The highest BCUT2D eigenvalue weighted by molar-refractivity contribution is 7.80. The quantitative estimate of drug-likeness (QED) is 0.662. The molecule has 28 heavy (non-hydrogen) atoms. The third-order valence-electron chi connectivity index (χ3n) is 4.42. The van der Waals surface area contributed by atoms with Crippen molar-refractivity contribution in [2.24, 2.45) is 0 Å². The van der Waals surface area contributed by atoms with E-state index in [1.807, 2.05) is 76.2 Å². The molecule has 1 aliphatic rings. The molecule has 5 nitrogen and oxygen atoms in total. The van der Waals surface area contributed by atoms with Gasteiger partial charge >= 0.3 is 0 Å². The molecule has 0 saturated carbocycles. The summed E-state index contributed by atoms with van der Waals surface area (Å²) in [5.41, 5.74) is 4.05. The van der Waals surface area contributed by atoms with E-state index in [1.165, 1.54) is 0 Å². The number of aryl methyl sites for hydroxylation is 1. The normalized spacial score (nSPS) is 16.5. The molecule has 0 aliphatic carbocycles. The van der Waals surface area contributed by atoms with Crippen molar-refractivity contribution in [3.8, 4) is 5.75 Å². The molecule has 2 aromatic carbocycles. The van der Waals surface area contributed by atoms with Crippen LogP contribution in [0, 0.1) is 6.92 Å². The van der Waals surface area contributed by atoms with Crippen molar-refractivity contribution >= 4 is 28.9 Å². The minimum atomic E-state index is -0.408. The average Bonchev–Trinajstić information content (AvgIpc) is 2.63. The zero-order valence-corrected chi connectivity index (χ0v) is 17.3. The predicted octanol–water partition coefficient (Wildman–Crippen LogP) is 4.21. The van der Waals surface area contributed by atoms with Gasteiger partial charge < -0.3 is 20.7 Å². The standard InChI is InChI=1S/C22H25N3O2S/c1-13(2)27-18-8-6-5-7-17(18)20-19(15(4)23-22(28)25-20)21(26)24-16-11-9-14(3)10-12-16/h5-13,20H,1-4H3,(H,24,26)(H2,23,25,28)/t20-/m1/s1. The predicted molar refractivity (Wildman–Crippen MR) is 116 cm³/mol. The number of allylic oxidation sites excluding steroid dienone is 1. The van der Waals surface area contributed by atoms with Gasteiger partial charge in [0.25, 0.3) is 5.91 Å². The largest absolute Gasteiger partial charge is 0.491 e. The summed E-state index contributed by atoms with van der Waals surface area (Å²) in [6.07, 6.45) is 0.0183. The Morgan fingerprint density at radius 3 is 2.46 bits per heavy atom. The molecule has 0 spiro atoms. The number of carbonyl (C=O) groups excluding carboxylic acids is 1. The lowest BCUT2D eigenvalue weighted by atomic mass is 9.94. The molecular weight excluding hydrogens is 370 g/mol. The first-order chi connectivity index (χ1) is 13.3. The van der Waals surface area contributed by atoms with E-state index in [0.717, 1.165) is 28.3 Å². The Labute approximate surface area is 171 Å². The van der Waals surface area contributed by atoms with Crippen molar-refractivity contribution in [3.05, 3.63) is 70.9 Å². The van der Waals surface area contributed by atoms with Crippen molar-refractivity contribution in [1.82, 2.24) is 10.6 Å². The smallest absolute Gasteiger partial charge is 0.255 e. The summed E-state index contributed by atoms with van der Waals surface area (Å²) >= 11 is 5.35. The molecule has 3 rings (SSSR count). The number of hydrogen-bond acceptors (Lipinski definition) is 3. The number of benzene rings is 2. The maximum atomic E-state index is 13.2. The van der Waals surface area contributed by atoms with E-state index in [-0.39, 0.29) is 12.0 Å². The molecule has 0 saturated heterocycles. The summed E-state index contributed by atoms with van der Waals surface area (Å²) in [4.78, 5) is 13.2. The molecule has 6 heteroatoms. The number of thiocarbonyl (C=S) groups is 1. The number of nitrogens with one attached hydrogen (secondary N) is 3. The molecule has 2 aromatic rings. The van der Waals surface area contributed by atoms with Crippen molar-refractivity contribution in [2.45, 2.75) is 39.8 Å². The molecule has 3 N–H and O–H groups in total. The number of para-hydroxylation sites is 1. The molecular formula is C22H25N3O2S. The SMILES string of the molecule is CC1=C(C(=O)Nc2ccc(C)cc2)[C@@H](c2ccccc2OC(C)C)NC(=S)N1. The van der Waals surface area contributed by atoms with Crippen LogP contribution in [0.1, 0.15) is 37.9 Å². The minimum absolute atomic E-state index is 0.0183. The Hall–Kier alpha value is -2.86. The fourth-order valence-corrected chi connectivity index (χ4v) is 3.41. The fourth-order valence-electron chi connectivity index (χ4n) is 3.14. The van der Waals surface area contributed by atoms with Gasteiger partial charge in [0.2, 0.25) is 0 Å². The highest BCUT2D eigenvalue weighted by Crippen LogP contribution is 2.34. The Morgan fingerprint density at radius 2 is 1.79 bits per heavy atom. The van der Waals surface area contributed by atoms with E-state index in [2.05, 4.69) is 16.0 Å². The Balaban J connectivity index is 1.97. The van der Waals surface area contributed by atoms with Crippen LogP contribution in [0.15, 0.2) is 59.8 Å². The molecule has 0 bridgehead atoms. The van der Waals surface area contributed by atoms with Crippen LogP contribution in [-0.4, -0.2) is 17.1 Å². The third kappa shape index (κ3) is 4.51. The van der Waals surface area contributed by atoms with E-state index in [9.17, 15) is 4.79 Å². The molecule has 0 aromatic heterocycles. The van der Waals surface area contributed by atoms with E-state index in [1.54, 1.807) is 0 Å². The van der Waals surface area contributed by atoms with Crippen LogP contribution < -0.4 is 20.7 Å². The zero-order valence-electron chi connectivity index (χ0n) is 16.5. The molecule has 146 valence electrons. The van der Waals surface area contributed by atoms with Crippen LogP contribution in [0.25, 0.3) is 0 Å². The second kappa shape index (κ2) is 8.44. The highest BCUT2D eigenvalue weighted by atomic mass is 32.1. The molecule has 0 unspecified atom stereocenters. The maximum absolute atomic E-state index is 13.2. The number of anilines is 1. The van der Waals surface area contributed by atoms with E-state index >= 15 is 0 Å². The second-order valence-corrected chi connectivity index (χ2v) is 7.50. The van der Waals surface area contributed by atoms with Gasteiger partial charge in [-0.25, -0.2) is 0 Å². The van der Waals surface area contributed by atoms with Gasteiger partial charge in [-0.05, 0) is 58.1 Å². The molecule has 1 amide bonds. The van der Waals surface area contributed by atoms with Crippen LogP contribution in [0.5, 0.6) is 5.75 Å². The lowest BCUT2D eigenvalue weighted by molar-refractivity contribution is -0.113. The van der Waals surface area contributed by atoms with Crippen LogP contribution in [0.4, 0.5) is 5.69 Å². The topological polar surface area (TPSA) is 62.4 Å². The molecule has 1 aliphatic heterocycles. The van der Waals surface area contributed by atoms with Crippen molar-refractivity contribution < 1.29 is 9.53 Å². The Bertz CT molecular complexity index is 920.